The number of nitrogens with two attached hydrogens (primary N) is 1. The summed E-state index contributed by atoms with van der Waals surface area (Å²) in [4.78, 5) is 0. The number of rotatable bonds is 3. The first-order valence-corrected chi connectivity index (χ1v) is 6.06. The Morgan fingerprint density at radius 2 is 2.06 bits per heavy atom. The fourth-order valence-electron chi connectivity index (χ4n) is 2.58. The molecule has 2 nitrogen and oxygen atoms in total. The lowest BCUT2D eigenvalue weighted by atomic mass is 9.91. The average Bonchev–Trinajstić information content (AvgIpc) is 3.18. The molecule has 88 valence electrons. The van der Waals surface area contributed by atoms with Gasteiger partial charge in [-0.3, -0.25) is 0 Å². The number of ether oxygens (including phenoxy) is 1. The van der Waals surface area contributed by atoms with Crippen LogP contribution >= 0.6 is 0 Å². The van der Waals surface area contributed by atoms with Gasteiger partial charge in [0.25, 0.3) is 0 Å². The molecule has 0 aliphatic heterocycles. The predicted octanol–water partition coefficient (Wildman–Crippen LogP) is 2.84. The molecule has 2 heteroatoms. The third-order valence-corrected chi connectivity index (χ3v) is 3.90. The van der Waals surface area contributed by atoms with E-state index < -0.39 is 0 Å². The maximum absolute atomic E-state index is 5.93. The first kappa shape index (κ1) is 10.6. The zero-order valence-corrected chi connectivity index (χ0v) is 10.1. The van der Waals surface area contributed by atoms with Crippen LogP contribution in [-0.2, 0) is 5.41 Å². The number of methoxy groups -OCH3 is 1. The quantitative estimate of drug-likeness (QED) is 0.875. The molecule has 2 N–H and O–H groups in total. The minimum Gasteiger partial charge on any atom is -0.497 e. The molecule has 1 aliphatic rings. The van der Waals surface area contributed by atoms with Gasteiger partial charge in [0.2, 0.25) is 0 Å². The van der Waals surface area contributed by atoms with E-state index in [2.05, 4.69) is 30.3 Å². The van der Waals surface area contributed by atoms with E-state index in [0.717, 1.165) is 12.3 Å². The van der Waals surface area contributed by atoms with Gasteiger partial charge in [-0.1, -0.05) is 24.3 Å². The molecule has 1 aliphatic carbocycles. The van der Waals surface area contributed by atoms with Crippen molar-refractivity contribution in [1.82, 2.24) is 0 Å². The lowest BCUT2D eigenvalue weighted by Crippen LogP contribution is -2.19. The molecule has 0 heterocycles. The van der Waals surface area contributed by atoms with Gasteiger partial charge < -0.3 is 10.5 Å². The van der Waals surface area contributed by atoms with Crippen molar-refractivity contribution in [3.63, 3.8) is 0 Å². The van der Waals surface area contributed by atoms with Gasteiger partial charge in [-0.15, -0.1) is 0 Å². The summed E-state index contributed by atoms with van der Waals surface area (Å²) < 4.78 is 5.31. The van der Waals surface area contributed by atoms with E-state index in [1.165, 1.54) is 29.2 Å². The molecule has 1 saturated carbocycles. The molecule has 2 aromatic carbocycles. The van der Waals surface area contributed by atoms with Gasteiger partial charge in [-0.05, 0) is 41.3 Å². The zero-order chi connectivity index (χ0) is 11.9. The molecular formula is C15H17NO. The van der Waals surface area contributed by atoms with E-state index in [4.69, 9.17) is 10.5 Å². The Balaban J connectivity index is 2.23. The molecule has 0 saturated heterocycles. The van der Waals surface area contributed by atoms with Crippen LogP contribution in [0.4, 0.5) is 0 Å². The molecular weight excluding hydrogens is 210 g/mol. The van der Waals surface area contributed by atoms with Crippen molar-refractivity contribution in [2.45, 2.75) is 18.3 Å². The van der Waals surface area contributed by atoms with Crippen molar-refractivity contribution in [1.29, 1.82) is 0 Å². The third kappa shape index (κ3) is 1.60. The number of hydrogen-bond donors (Lipinski definition) is 1. The smallest absolute Gasteiger partial charge is 0.119 e. The summed E-state index contributed by atoms with van der Waals surface area (Å²) in [6, 6.07) is 12.7. The monoisotopic (exact) mass is 227 g/mol. The standard InChI is InChI=1S/C15H17NO/c1-17-12-6-5-11-3-2-4-14(13(11)9-12)15(10-16)7-8-15/h2-6,9H,7-8,10,16H2,1H3. The van der Waals surface area contributed by atoms with Crippen LogP contribution in [0, 0.1) is 0 Å². The number of hydrogen-bond acceptors (Lipinski definition) is 2. The van der Waals surface area contributed by atoms with Gasteiger partial charge in [0.15, 0.2) is 0 Å². The summed E-state index contributed by atoms with van der Waals surface area (Å²) in [6.45, 7) is 0.739. The Bertz CT molecular complexity index is 558. The molecule has 0 bridgehead atoms. The molecule has 0 unspecified atom stereocenters. The molecule has 0 atom stereocenters. The summed E-state index contributed by atoms with van der Waals surface area (Å²) >= 11 is 0. The Morgan fingerprint density at radius 3 is 2.71 bits per heavy atom. The fourth-order valence-corrected chi connectivity index (χ4v) is 2.58. The maximum atomic E-state index is 5.93. The van der Waals surface area contributed by atoms with E-state index in [-0.39, 0.29) is 5.41 Å². The van der Waals surface area contributed by atoms with Crippen molar-refractivity contribution >= 4 is 10.8 Å². The van der Waals surface area contributed by atoms with E-state index in [9.17, 15) is 0 Å². The summed E-state index contributed by atoms with van der Waals surface area (Å²) in [5.41, 5.74) is 7.54. The SMILES string of the molecule is COc1ccc2cccc(C3(CN)CC3)c2c1. The van der Waals surface area contributed by atoms with Gasteiger partial charge in [0.05, 0.1) is 7.11 Å². The van der Waals surface area contributed by atoms with Crippen molar-refractivity contribution < 1.29 is 4.74 Å². The van der Waals surface area contributed by atoms with Crippen LogP contribution in [0.25, 0.3) is 10.8 Å². The fraction of sp³-hybridized carbons (Fsp3) is 0.333. The van der Waals surface area contributed by atoms with Crippen LogP contribution in [0.3, 0.4) is 0 Å². The van der Waals surface area contributed by atoms with E-state index in [1.807, 2.05) is 6.07 Å². The second kappa shape index (κ2) is 3.74. The highest BCUT2D eigenvalue weighted by Crippen LogP contribution is 2.49. The van der Waals surface area contributed by atoms with Crippen LogP contribution in [0.2, 0.25) is 0 Å². The lowest BCUT2D eigenvalue weighted by Gasteiger charge is -2.16. The molecule has 2 aromatic rings. The zero-order valence-electron chi connectivity index (χ0n) is 10.1. The van der Waals surface area contributed by atoms with E-state index >= 15 is 0 Å². The van der Waals surface area contributed by atoms with Crippen LogP contribution in [-0.4, -0.2) is 13.7 Å². The molecule has 1 fully saturated rings. The van der Waals surface area contributed by atoms with Gasteiger partial charge in [-0.25, -0.2) is 0 Å². The Labute approximate surface area is 101 Å². The highest BCUT2D eigenvalue weighted by atomic mass is 16.5. The summed E-state index contributed by atoms with van der Waals surface area (Å²) in [5.74, 6) is 0.915. The Hall–Kier alpha value is -1.54. The largest absolute Gasteiger partial charge is 0.497 e. The second-order valence-electron chi connectivity index (χ2n) is 4.88. The molecule has 17 heavy (non-hydrogen) atoms. The van der Waals surface area contributed by atoms with Gasteiger partial charge in [-0.2, -0.15) is 0 Å². The highest BCUT2D eigenvalue weighted by Gasteiger charge is 2.43. The number of fused-ring (bicyclic) bond motifs is 1. The average molecular weight is 227 g/mol. The van der Waals surface area contributed by atoms with Crippen LogP contribution in [0.1, 0.15) is 18.4 Å². The first-order valence-electron chi connectivity index (χ1n) is 6.06. The molecule has 0 amide bonds. The summed E-state index contributed by atoms with van der Waals surface area (Å²) in [7, 11) is 1.71. The van der Waals surface area contributed by atoms with Crippen molar-refractivity contribution in [2.24, 2.45) is 5.73 Å². The highest BCUT2D eigenvalue weighted by molar-refractivity contribution is 5.88. The third-order valence-electron chi connectivity index (χ3n) is 3.90. The lowest BCUT2D eigenvalue weighted by molar-refractivity contribution is 0.415. The maximum Gasteiger partial charge on any atom is 0.119 e. The second-order valence-corrected chi connectivity index (χ2v) is 4.88. The normalized spacial score (nSPS) is 17.1. The topological polar surface area (TPSA) is 35.2 Å². The minimum absolute atomic E-state index is 0.228. The molecule has 3 rings (SSSR count). The Kier molecular flexibility index (Phi) is 2.33. The van der Waals surface area contributed by atoms with Gasteiger partial charge in [0.1, 0.15) is 5.75 Å². The van der Waals surface area contributed by atoms with Crippen LogP contribution in [0.5, 0.6) is 5.75 Å². The van der Waals surface area contributed by atoms with E-state index in [1.54, 1.807) is 7.11 Å². The molecule has 0 spiro atoms. The van der Waals surface area contributed by atoms with Crippen molar-refractivity contribution in [3.8, 4) is 5.75 Å². The first-order chi connectivity index (χ1) is 8.29. The van der Waals surface area contributed by atoms with Gasteiger partial charge in [0, 0.05) is 12.0 Å². The van der Waals surface area contributed by atoms with E-state index in [0.29, 0.717) is 0 Å². The van der Waals surface area contributed by atoms with Crippen molar-refractivity contribution in [2.75, 3.05) is 13.7 Å². The predicted molar refractivity (Wildman–Crippen MR) is 70.5 cm³/mol. The molecule has 0 aromatic heterocycles. The molecule has 0 radical (unpaired) electrons. The summed E-state index contributed by atoms with van der Waals surface area (Å²) in [5, 5.41) is 2.55. The minimum atomic E-state index is 0.228. The summed E-state index contributed by atoms with van der Waals surface area (Å²) in [6.07, 6.45) is 2.42. The van der Waals surface area contributed by atoms with Crippen LogP contribution in [0.15, 0.2) is 36.4 Å². The van der Waals surface area contributed by atoms with Crippen molar-refractivity contribution in [3.05, 3.63) is 42.0 Å². The van der Waals surface area contributed by atoms with Crippen LogP contribution < -0.4 is 10.5 Å². The number of benzene rings is 2. The van der Waals surface area contributed by atoms with Gasteiger partial charge >= 0.3 is 0 Å². The Morgan fingerprint density at radius 1 is 1.24 bits per heavy atom.